The number of ether oxygens (including phenoxy) is 1. The molecule has 0 N–H and O–H groups in total. The Kier molecular flexibility index (Phi) is 3.17. The average molecular weight is 263 g/mol. The number of esters is 1. The second-order valence-electron chi connectivity index (χ2n) is 4.42. The van der Waals surface area contributed by atoms with Gasteiger partial charge in [-0.3, -0.25) is 4.98 Å². The van der Waals surface area contributed by atoms with Crippen LogP contribution in [0.15, 0.2) is 60.8 Å². The highest BCUT2D eigenvalue weighted by Crippen LogP contribution is 2.31. The van der Waals surface area contributed by atoms with Crippen LogP contribution in [-0.2, 0) is 4.74 Å². The molecule has 3 nitrogen and oxygen atoms in total. The number of carbonyl (C=O) groups excluding carboxylic acids is 1. The van der Waals surface area contributed by atoms with Crippen LogP contribution < -0.4 is 0 Å². The number of benzene rings is 2. The smallest absolute Gasteiger partial charge is 0.340 e. The summed E-state index contributed by atoms with van der Waals surface area (Å²) in [6, 6.07) is 17.6. The van der Waals surface area contributed by atoms with Crippen molar-refractivity contribution in [2.24, 2.45) is 0 Å². The van der Waals surface area contributed by atoms with Gasteiger partial charge >= 0.3 is 5.97 Å². The molecule has 0 saturated heterocycles. The molecule has 0 aliphatic heterocycles. The lowest BCUT2D eigenvalue weighted by molar-refractivity contribution is 0.0601. The highest BCUT2D eigenvalue weighted by atomic mass is 16.5. The number of methoxy groups -OCH3 is 1. The Balaban J connectivity index is 2.38. The molecular formula is C17H13NO2. The van der Waals surface area contributed by atoms with Crippen molar-refractivity contribution in [1.29, 1.82) is 0 Å². The summed E-state index contributed by atoms with van der Waals surface area (Å²) in [6.45, 7) is 0. The van der Waals surface area contributed by atoms with Crippen LogP contribution >= 0.6 is 0 Å². The minimum Gasteiger partial charge on any atom is -0.465 e. The lowest BCUT2D eigenvalue weighted by atomic mass is 9.96. The Morgan fingerprint density at radius 2 is 1.70 bits per heavy atom. The monoisotopic (exact) mass is 263 g/mol. The largest absolute Gasteiger partial charge is 0.465 e. The summed E-state index contributed by atoms with van der Waals surface area (Å²) in [5, 5.41) is 0.946. The zero-order chi connectivity index (χ0) is 13.9. The number of carbonyl (C=O) groups is 1. The Bertz CT molecular complexity index is 766. The van der Waals surface area contributed by atoms with Crippen LogP contribution in [0.4, 0.5) is 0 Å². The fourth-order valence-electron chi connectivity index (χ4n) is 2.32. The number of nitrogens with zero attached hydrogens (tertiary/aromatic N) is 1. The average Bonchev–Trinajstić information content (AvgIpc) is 2.53. The van der Waals surface area contributed by atoms with E-state index >= 15 is 0 Å². The number of pyridine rings is 1. The van der Waals surface area contributed by atoms with E-state index in [-0.39, 0.29) is 5.97 Å². The van der Waals surface area contributed by atoms with E-state index in [4.69, 9.17) is 4.74 Å². The quantitative estimate of drug-likeness (QED) is 0.662. The van der Waals surface area contributed by atoms with Crippen molar-refractivity contribution in [3.8, 4) is 11.1 Å². The fraction of sp³-hybridized carbons (Fsp3) is 0.0588. The molecule has 2 aromatic carbocycles. The van der Waals surface area contributed by atoms with E-state index in [0.717, 1.165) is 22.0 Å². The van der Waals surface area contributed by atoms with Gasteiger partial charge in [0.2, 0.25) is 0 Å². The van der Waals surface area contributed by atoms with E-state index in [1.165, 1.54) is 7.11 Å². The molecule has 0 fully saturated rings. The van der Waals surface area contributed by atoms with E-state index in [9.17, 15) is 4.79 Å². The van der Waals surface area contributed by atoms with E-state index in [1.54, 1.807) is 6.20 Å². The normalized spacial score (nSPS) is 10.4. The van der Waals surface area contributed by atoms with Gasteiger partial charge in [-0.1, -0.05) is 48.5 Å². The van der Waals surface area contributed by atoms with Crippen LogP contribution in [0.2, 0.25) is 0 Å². The molecule has 1 aromatic heterocycles. The molecule has 0 amide bonds. The summed E-state index contributed by atoms with van der Waals surface area (Å²) in [4.78, 5) is 16.3. The second-order valence-corrected chi connectivity index (χ2v) is 4.42. The number of hydrogen-bond donors (Lipinski definition) is 0. The molecule has 3 heteroatoms. The summed E-state index contributed by atoms with van der Waals surface area (Å²) in [6.07, 6.45) is 1.58. The van der Waals surface area contributed by atoms with Gasteiger partial charge in [0.15, 0.2) is 0 Å². The van der Waals surface area contributed by atoms with Crippen molar-refractivity contribution in [2.75, 3.05) is 7.11 Å². The minimum absolute atomic E-state index is 0.373. The van der Waals surface area contributed by atoms with Crippen LogP contribution in [-0.4, -0.2) is 18.1 Å². The molecule has 0 radical (unpaired) electrons. The van der Waals surface area contributed by atoms with E-state index in [0.29, 0.717) is 5.56 Å². The first-order valence-corrected chi connectivity index (χ1v) is 6.33. The zero-order valence-corrected chi connectivity index (χ0v) is 11.0. The maximum Gasteiger partial charge on any atom is 0.340 e. The Morgan fingerprint density at radius 3 is 2.45 bits per heavy atom. The zero-order valence-electron chi connectivity index (χ0n) is 11.0. The van der Waals surface area contributed by atoms with Crippen LogP contribution in [0.5, 0.6) is 0 Å². The third-order valence-electron chi connectivity index (χ3n) is 3.24. The number of aromatic nitrogens is 1. The van der Waals surface area contributed by atoms with Gasteiger partial charge in [0.05, 0.1) is 18.2 Å². The van der Waals surface area contributed by atoms with Gasteiger partial charge in [0.25, 0.3) is 0 Å². The summed E-state index contributed by atoms with van der Waals surface area (Å²) in [7, 11) is 1.38. The SMILES string of the molecule is COC(=O)c1cnc2ccccc2c1-c1ccccc1. The summed E-state index contributed by atoms with van der Waals surface area (Å²) < 4.78 is 4.87. The molecule has 1 heterocycles. The molecule has 0 saturated carbocycles. The number of fused-ring (bicyclic) bond motifs is 1. The van der Waals surface area contributed by atoms with Gasteiger partial charge in [-0.15, -0.1) is 0 Å². The van der Waals surface area contributed by atoms with Crippen molar-refractivity contribution in [3.05, 3.63) is 66.4 Å². The third-order valence-corrected chi connectivity index (χ3v) is 3.24. The van der Waals surface area contributed by atoms with Crippen molar-refractivity contribution in [2.45, 2.75) is 0 Å². The van der Waals surface area contributed by atoms with Crippen LogP contribution in [0.1, 0.15) is 10.4 Å². The van der Waals surface area contributed by atoms with Gasteiger partial charge in [0, 0.05) is 17.1 Å². The molecule has 3 rings (SSSR count). The predicted octanol–water partition coefficient (Wildman–Crippen LogP) is 3.69. The maximum atomic E-state index is 12.0. The van der Waals surface area contributed by atoms with E-state index in [1.807, 2.05) is 54.6 Å². The number of para-hydroxylation sites is 1. The summed E-state index contributed by atoms with van der Waals surface area (Å²) in [5.74, 6) is -0.373. The molecular weight excluding hydrogens is 250 g/mol. The van der Waals surface area contributed by atoms with Gasteiger partial charge in [-0.05, 0) is 11.6 Å². The van der Waals surface area contributed by atoms with Gasteiger partial charge < -0.3 is 4.74 Å². The highest BCUT2D eigenvalue weighted by Gasteiger charge is 2.16. The van der Waals surface area contributed by atoms with Crippen LogP contribution in [0, 0.1) is 0 Å². The minimum atomic E-state index is -0.373. The molecule has 0 aliphatic carbocycles. The van der Waals surface area contributed by atoms with Crippen molar-refractivity contribution < 1.29 is 9.53 Å². The number of rotatable bonds is 2. The summed E-state index contributed by atoms with van der Waals surface area (Å²) in [5.41, 5.74) is 3.19. The van der Waals surface area contributed by atoms with Gasteiger partial charge in [-0.25, -0.2) is 4.79 Å². The van der Waals surface area contributed by atoms with E-state index in [2.05, 4.69) is 4.98 Å². The molecule has 20 heavy (non-hydrogen) atoms. The number of hydrogen-bond acceptors (Lipinski definition) is 3. The second kappa shape index (κ2) is 5.13. The first kappa shape index (κ1) is 12.4. The molecule has 3 aromatic rings. The molecule has 0 atom stereocenters. The Hall–Kier alpha value is -2.68. The Labute approximate surface area is 116 Å². The topological polar surface area (TPSA) is 39.2 Å². The van der Waals surface area contributed by atoms with Gasteiger partial charge in [-0.2, -0.15) is 0 Å². The lowest BCUT2D eigenvalue weighted by Crippen LogP contribution is -2.05. The standard InChI is InChI=1S/C17H13NO2/c1-20-17(19)14-11-18-15-10-6-5-9-13(15)16(14)12-7-3-2-4-8-12/h2-11H,1H3. The van der Waals surface area contributed by atoms with Crippen molar-refractivity contribution in [1.82, 2.24) is 4.98 Å². The van der Waals surface area contributed by atoms with Crippen molar-refractivity contribution in [3.63, 3.8) is 0 Å². The van der Waals surface area contributed by atoms with Crippen molar-refractivity contribution >= 4 is 16.9 Å². The molecule has 0 bridgehead atoms. The molecule has 98 valence electrons. The highest BCUT2D eigenvalue weighted by molar-refractivity contribution is 6.06. The first-order valence-electron chi connectivity index (χ1n) is 6.33. The van der Waals surface area contributed by atoms with Crippen LogP contribution in [0.25, 0.3) is 22.0 Å². The van der Waals surface area contributed by atoms with E-state index < -0.39 is 0 Å². The molecule has 0 spiro atoms. The fourth-order valence-corrected chi connectivity index (χ4v) is 2.32. The van der Waals surface area contributed by atoms with Crippen LogP contribution in [0.3, 0.4) is 0 Å². The summed E-state index contributed by atoms with van der Waals surface area (Å²) >= 11 is 0. The molecule has 0 unspecified atom stereocenters. The predicted molar refractivity (Wildman–Crippen MR) is 78.5 cm³/mol. The maximum absolute atomic E-state index is 12.0. The molecule has 0 aliphatic rings. The lowest BCUT2D eigenvalue weighted by Gasteiger charge is -2.11. The van der Waals surface area contributed by atoms with Gasteiger partial charge in [0.1, 0.15) is 0 Å². The Morgan fingerprint density at radius 1 is 1.00 bits per heavy atom. The first-order chi connectivity index (χ1) is 9.81. The third kappa shape index (κ3) is 2.03.